The zero-order valence-electron chi connectivity index (χ0n) is 20.3. The van der Waals surface area contributed by atoms with Crippen molar-refractivity contribution in [2.24, 2.45) is 0 Å². The molecule has 3 aromatic rings. The molecule has 0 bridgehead atoms. The van der Waals surface area contributed by atoms with Crippen LogP contribution in [0.15, 0.2) is 91.0 Å². The van der Waals surface area contributed by atoms with Crippen LogP contribution in [0.3, 0.4) is 0 Å². The highest BCUT2D eigenvalue weighted by Gasteiger charge is 2.58. The Kier molecular flexibility index (Phi) is 7.92. The molecule has 2 aliphatic rings. The Balaban J connectivity index is 1.36. The van der Waals surface area contributed by atoms with E-state index in [0.717, 1.165) is 23.1 Å². The lowest BCUT2D eigenvalue weighted by Crippen LogP contribution is -2.44. The van der Waals surface area contributed by atoms with Gasteiger partial charge in [-0.05, 0) is 30.0 Å². The molecule has 5 nitrogen and oxygen atoms in total. The highest BCUT2D eigenvalue weighted by Crippen LogP contribution is 2.41. The number of hydrogen-bond acceptors (Lipinski definition) is 5. The highest BCUT2D eigenvalue weighted by molar-refractivity contribution is 5.17. The molecule has 0 amide bonds. The molecule has 0 aromatic heterocycles. The summed E-state index contributed by atoms with van der Waals surface area (Å²) in [7, 11) is 0. The SMILES string of the molecule is C[C@H]1C[C@@H](O)[C@@H]2[C@H](OCc3ccccc3)[C@H](OCc3ccccc3)[C@@H](COCc3ccccc3)N21. The molecule has 0 unspecified atom stereocenters. The number of nitrogens with zero attached hydrogens (tertiary/aromatic N) is 1. The van der Waals surface area contributed by atoms with E-state index in [0.29, 0.717) is 26.4 Å². The maximum Gasteiger partial charge on any atom is 0.104 e. The minimum atomic E-state index is -0.451. The first-order valence-corrected chi connectivity index (χ1v) is 12.6. The van der Waals surface area contributed by atoms with Gasteiger partial charge >= 0.3 is 0 Å². The van der Waals surface area contributed by atoms with E-state index in [1.807, 2.05) is 54.6 Å². The van der Waals surface area contributed by atoms with Crippen molar-refractivity contribution in [1.29, 1.82) is 0 Å². The fourth-order valence-electron chi connectivity index (χ4n) is 5.61. The predicted octanol–water partition coefficient (Wildman–Crippen LogP) is 4.58. The normalized spacial score (nSPS) is 28.3. The van der Waals surface area contributed by atoms with E-state index in [1.165, 1.54) is 0 Å². The van der Waals surface area contributed by atoms with Crippen molar-refractivity contribution >= 4 is 0 Å². The van der Waals surface area contributed by atoms with Gasteiger partial charge in [-0.25, -0.2) is 0 Å². The number of benzene rings is 3. The molecular weight excluding hydrogens is 438 g/mol. The Morgan fingerprint density at radius 1 is 0.714 bits per heavy atom. The lowest BCUT2D eigenvalue weighted by Gasteiger charge is -2.30. The summed E-state index contributed by atoms with van der Waals surface area (Å²) in [4.78, 5) is 2.39. The van der Waals surface area contributed by atoms with Crippen LogP contribution in [-0.4, -0.2) is 53.1 Å². The third-order valence-corrected chi connectivity index (χ3v) is 7.22. The number of ether oxygens (including phenoxy) is 3. The first kappa shape index (κ1) is 24.2. The molecule has 0 aliphatic carbocycles. The summed E-state index contributed by atoms with van der Waals surface area (Å²) in [6.07, 6.45) is -0.176. The summed E-state index contributed by atoms with van der Waals surface area (Å²) in [5, 5.41) is 11.0. The largest absolute Gasteiger partial charge is 0.391 e. The Bertz CT molecular complexity index is 1030. The zero-order valence-corrected chi connectivity index (χ0v) is 20.3. The number of hydrogen-bond donors (Lipinski definition) is 1. The van der Waals surface area contributed by atoms with Gasteiger partial charge in [-0.2, -0.15) is 0 Å². The quantitative estimate of drug-likeness (QED) is 0.467. The molecule has 0 radical (unpaired) electrons. The van der Waals surface area contributed by atoms with E-state index in [-0.39, 0.29) is 30.3 Å². The average Bonchev–Trinajstić information content (AvgIpc) is 3.37. The second-order valence-electron chi connectivity index (χ2n) is 9.68. The summed E-state index contributed by atoms with van der Waals surface area (Å²) in [5.41, 5.74) is 3.39. The maximum absolute atomic E-state index is 11.0. The van der Waals surface area contributed by atoms with Crippen LogP contribution in [0.1, 0.15) is 30.0 Å². The summed E-state index contributed by atoms with van der Waals surface area (Å²) < 4.78 is 19.3. The molecule has 2 aliphatic heterocycles. The maximum atomic E-state index is 11.0. The number of rotatable bonds is 10. The summed E-state index contributed by atoms with van der Waals surface area (Å²) >= 11 is 0. The number of fused-ring (bicyclic) bond motifs is 1. The van der Waals surface area contributed by atoms with Gasteiger partial charge in [0.15, 0.2) is 0 Å². The van der Waals surface area contributed by atoms with Gasteiger partial charge in [0, 0.05) is 6.04 Å². The van der Waals surface area contributed by atoms with Crippen molar-refractivity contribution < 1.29 is 19.3 Å². The second-order valence-corrected chi connectivity index (χ2v) is 9.68. The monoisotopic (exact) mass is 473 g/mol. The molecule has 6 atom stereocenters. The molecule has 184 valence electrons. The Morgan fingerprint density at radius 2 is 1.20 bits per heavy atom. The molecule has 0 spiro atoms. The van der Waals surface area contributed by atoms with Gasteiger partial charge in [-0.15, -0.1) is 0 Å². The lowest BCUT2D eigenvalue weighted by atomic mass is 10.0. The summed E-state index contributed by atoms with van der Waals surface area (Å²) in [5.74, 6) is 0. The van der Waals surface area contributed by atoms with Crippen molar-refractivity contribution in [3.8, 4) is 0 Å². The topological polar surface area (TPSA) is 51.2 Å². The van der Waals surface area contributed by atoms with E-state index in [2.05, 4.69) is 48.2 Å². The van der Waals surface area contributed by atoms with Crippen molar-refractivity contribution in [1.82, 2.24) is 4.90 Å². The first-order chi connectivity index (χ1) is 17.2. The van der Waals surface area contributed by atoms with Gasteiger partial charge in [0.1, 0.15) is 12.2 Å². The third-order valence-electron chi connectivity index (χ3n) is 7.22. The second kappa shape index (κ2) is 11.5. The van der Waals surface area contributed by atoms with Crippen LogP contribution in [0.25, 0.3) is 0 Å². The molecule has 3 aromatic carbocycles. The lowest BCUT2D eigenvalue weighted by molar-refractivity contribution is -0.0953. The molecule has 35 heavy (non-hydrogen) atoms. The van der Waals surface area contributed by atoms with Crippen molar-refractivity contribution in [2.45, 2.75) is 69.6 Å². The van der Waals surface area contributed by atoms with Crippen LogP contribution in [0, 0.1) is 0 Å². The number of aliphatic hydroxyl groups excluding tert-OH is 1. The molecule has 2 saturated heterocycles. The molecular formula is C30H35NO4. The third kappa shape index (κ3) is 5.66. The van der Waals surface area contributed by atoms with E-state index in [1.54, 1.807) is 0 Å². The van der Waals surface area contributed by atoms with Gasteiger partial charge < -0.3 is 19.3 Å². The van der Waals surface area contributed by atoms with Crippen molar-refractivity contribution in [2.75, 3.05) is 6.61 Å². The standard InChI is InChI=1S/C30H35NO4/c1-22-17-27(32)28-30(35-20-25-15-9-4-10-16-25)29(34-19-24-13-7-3-8-14-24)26(31(22)28)21-33-18-23-11-5-2-6-12-23/h2-16,22,26-30,32H,17-21H2,1H3/t22-,26+,27+,28+,29+,30-/m0/s1. The first-order valence-electron chi connectivity index (χ1n) is 12.6. The molecule has 0 saturated carbocycles. The molecule has 2 fully saturated rings. The molecule has 2 heterocycles. The van der Waals surface area contributed by atoms with Crippen LogP contribution in [0.2, 0.25) is 0 Å². The predicted molar refractivity (Wildman–Crippen MR) is 136 cm³/mol. The van der Waals surface area contributed by atoms with Gasteiger partial charge in [0.05, 0.1) is 44.6 Å². The van der Waals surface area contributed by atoms with Crippen LogP contribution in [0.4, 0.5) is 0 Å². The number of aliphatic hydroxyl groups is 1. The van der Waals surface area contributed by atoms with Crippen LogP contribution in [0.5, 0.6) is 0 Å². The Morgan fingerprint density at radius 3 is 1.74 bits per heavy atom. The summed E-state index contributed by atoms with van der Waals surface area (Å²) in [6, 6.07) is 30.8. The van der Waals surface area contributed by atoms with Gasteiger partial charge in [-0.1, -0.05) is 91.0 Å². The fraction of sp³-hybridized carbons (Fsp3) is 0.400. The van der Waals surface area contributed by atoms with Crippen molar-refractivity contribution in [3.05, 3.63) is 108 Å². The van der Waals surface area contributed by atoms with Crippen molar-refractivity contribution in [3.63, 3.8) is 0 Å². The van der Waals surface area contributed by atoms with Gasteiger partial charge in [-0.3, -0.25) is 4.90 Å². The minimum absolute atomic E-state index is 0.000322. The molecule has 5 heteroatoms. The zero-order chi connectivity index (χ0) is 24.0. The van der Waals surface area contributed by atoms with E-state index in [9.17, 15) is 5.11 Å². The van der Waals surface area contributed by atoms with E-state index in [4.69, 9.17) is 14.2 Å². The minimum Gasteiger partial charge on any atom is -0.391 e. The van der Waals surface area contributed by atoms with Crippen LogP contribution < -0.4 is 0 Å². The summed E-state index contributed by atoms with van der Waals surface area (Å²) in [6.45, 7) is 4.23. The van der Waals surface area contributed by atoms with Crippen LogP contribution in [-0.2, 0) is 34.0 Å². The molecule has 5 rings (SSSR count). The Labute approximate surface area is 208 Å². The fourth-order valence-corrected chi connectivity index (χ4v) is 5.61. The Hall–Kier alpha value is -2.54. The average molecular weight is 474 g/mol. The van der Waals surface area contributed by atoms with Crippen LogP contribution >= 0.6 is 0 Å². The van der Waals surface area contributed by atoms with E-state index < -0.39 is 6.10 Å². The molecule has 1 N–H and O–H groups in total. The van der Waals surface area contributed by atoms with E-state index >= 15 is 0 Å². The smallest absolute Gasteiger partial charge is 0.104 e. The highest BCUT2D eigenvalue weighted by atomic mass is 16.5. The van der Waals surface area contributed by atoms with Gasteiger partial charge in [0.25, 0.3) is 0 Å². The van der Waals surface area contributed by atoms with Gasteiger partial charge in [0.2, 0.25) is 0 Å².